The maximum atomic E-state index is 3.43. The lowest BCUT2D eigenvalue weighted by Gasteiger charge is -2.10. The van der Waals surface area contributed by atoms with Crippen LogP contribution < -0.4 is 10.6 Å². The van der Waals surface area contributed by atoms with Crippen molar-refractivity contribution in [2.45, 2.75) is 39.7 Å². The lowest BCUT2D eigenvalue weighted by molar-refractivity contribution is 0.517. The summed E-state index contributed by atoms with van der Waals surface area (Å²) in [4.78, 5) is 0. The van der Waals surface area contributed by atoms with Gasteiger partial charge in [0, 0.05) is 19.1 Å². The molecule has 0 aromatic rings. The quantitative estimate of drug-likeness (QED) is 0.547. The van der Waals surface area contributed by atoms with E-state index in [1.54, 1.807) is 0 Å². The van der Waals surface area contributed by atoms with Gasteiger partial charge in [0.25, 0.3) is 0 Å². The van der Waals surface area contributed by atoms with E-state index in [1.165, 1.54) is 12.8 Å². The van der Waals surface area contributed by atoms with E-state index in [4.69, 9.17) is 0 Å². The third-order valence-corrected chi connectivity index (χ3v) is 1.83. The van der Waals surface area contributed by atoms with Crippen molar-refractivity contribution >= 4 is 0 Å². The highest BCUT2D eigenvalue weighted by Gasteiger charge is 1.94. The zero-order valence-corrected chi connectivity index (χ0v) is 8.11. The molecule has 0 fully saturated rings. The SMILES string of the molecule is CCCNCCN[C@@H](C)CC. The first-order chi connectivity index (χ1) is 5.31. The summed E-state index contributed by atoms with van der Waals surface area (Å²) < 4.78 is 0. The van der Waals surface area contributed by atoms with Gasteiger partial charge in [-0.1, -0.05) is 13.8 Å². The number of rotatable bonds is 7. The summed E-state index contributed by atoms with van der Waals surface area (Å²) in [5.41, 5.74) is 0. The van der Waals surface area contributed by atoms with Crippen molar-refractivity contribution in [3.8, 4) is 0 Å². The van der Waals surface area contributed by atoms with Crippen LogP contribution in [0.15, 0.2) is 0 Å². The van der Waals surface area contributed by atoms with Gasteiger partial charge in [-0.2, -0.15) is 0 Å². The molecule has 0 aliphatic carbocycles. The van der Waals surface area contributed by atoms with Crippen molar-refractivity contribution in [2.24, 2.45) is 0 Å². The first-order valence-electron chi connectivity index (χ1n) is 4.75. The summed E-state index contributed by atoms with van der Waals surface area (Å²) in [6.07, 6.45) is 2.44. The molecule has 0 bridgehead atoms. The zero-order chi connectivity index (χ0) is 8.53. The van der Waals surface area contributed by atoms with Gasteiger partial charge >= 0.3 is 0 Å². The Kier molecular flexibility index (Phi) is 7.96. The van der Waals surface area contributed by atoms with Crippen molar-refractivity contribution in [2.75, 3.05) is 19.6 Å². The minimum atomic E-state index is 0.665. The van der Waals surface area contributed by atoms with Crippen molar-refractivity contribution in [3.63, 3.8) is 0 Å². The van der Waals surface area contributed by atoms with Crippen molar-refractivity contribution in [3.05, 3.63) is 0 Å². The summed E-state index contributed by atoms with van der Waals surface area (Å²) in [5.74, 6) is 0. The number of nitrogens with one attached hydrogen (secondary N) is 2. The monoisotopic (exact) mass is 158 g/mol. The van der Waals surface area contributed by atoms with Crippen LogP contribution in [0.25, 0.3) is 0 Å². The van der Waals surface area contributed by atoms with E-state index in [2.05, 4.69) is 31.4 Å². The Morgan fingerprint density at radius 1 is 1.09 bits per heavy atom. The van der Waals surface area contributed by atoms with Crippen LogP contribution in [0, 0.1) is 0 Å². The van der Waals surface area contributed by atoms with Crippen molar-refractivity contribution < 1.29 is 0 Å². The summed E-state index contributed by atoms with van der Waals surface area (Å²) >= 11 is 0. The van der Waals surface area contributed by atoms with Crippen molar-refractivity contribution in [1.29, 1.82) is 0 Å². The molecule has 0 spiro atoms. The summed E-state index contributed by atoms with van der Waals surface area (Å²) in [6, 6.07) is 0.665. The Morgan fingerprint density at radius 2 is 1.82 bits per heavy atom. The fourth-order valence-electron chi connectivity index (χ4n) is 0.853. The molecule has 0 amide bonds. The molecule has 0 heterocycles. The molecule has 0 aliphatic rings. The van der Waals surface area contributed by atoms with Crippen LogP contribution in [0.3, 0.4) is 0 Å². The van der Waals surface area contributed by atoms with Gasteiger partial charge in [-0.05, 0) is 26.3 Å². The average Bonchev–Trinajstić information content (AvgIpc) is 2.04. The van der Waals surface area contributed by atoms with Gasteiger partial charge in [-0.15, -0.1) is 0 Å². The second kappa shape index (κ2) is 8.02. The van der Waals surface area contributed by atoms with E-state index >= 15 is 0 Å². The molecule has 0 aromatic heterocycles. The number of hydrogen-bond acceptors (Lipinski definition) is 2. The van der Waals surface area contributed by atoms with E-state index in [0.717, 1.165) is 19.6 Å². The van der Waals surface area contributed by atoms with Gasteiger partial charge in [0.15, 0.2) is 0 Å². The van der Waals surface area contributed by atoms with Crippen LogP contribution in [0.5, 0.6) is 0 Å². The molecule has 0 radical (unpaired) electrons. The highest BCUT2D eigenvalue weighted by molar-refractivity contribution is 4.58. The normalized spacial score (nSPS) is 13.4. The number of hydrogen-bond donors (Lipinski definition) is 2. The highest BCUT2D eigenvalue weighted by atomic mass is 15.0. The van der Waals surface area contributed by atoms with Gasteiger partial charge in [0.2, 0.25) is 0 Å². The minimum Gasteiger partial charge on any atom is -0.315 e. The van der Waals surface area contributed by atoms with Crippen LogP contribution in [0.1, 0.15) is 33.6 Å². The molecule has 0 aromatic carbocycles. The lowest BCUT2D eigenvalue weighted by atomic mass is 10.2. The smallest absolute Gasteiger partial charge is 0.00792 e. The predicted octanol–water partition coefficient (Wildman–Crippen LogP) is 1.37. The lowest BCUT2D eigenvalue weighted by Crippen LogP contribution is -2.33. The molecule has 2 N–H and O–H groups in total. The van der Waals surface area contributed by atoms with E-state index < -0.39 is 0 Å². The van der Waals surface area contributed by atoms with Gasteiger partial charge in [-0.3, -0.25) is 0 Å². The Morgan fingerprint density at radius 3 is 2.36 bits per heavy atom. The second-order valence-corrected chi connectivity index (χ2v) is 3.01. The Hall–Kier alpha value is -0.0800. The molecule has 0 rings (SSSR count). The molecule has 0 saturated carbocycles. The molecular weight excluding hydrogens is 136 g/mol. The van der Waals surface area contributed by atoms with E-state index in [-0.39, 0.29) is 0 Å². The summed E-state index contributed by atoms with van der Waals surface area (Å²) in [6.45, 7) is 9.95. The average molecular weight is 158 g/mol. The third kappa shape index (κ3) is 7.82. The van der Waals surface area contributed by atoms with Crippen LogP contribution in [0.2, 0.25) is 0 Å². The van der Waals surface area contributed by atoms with Gasteiger partial charge in [0.05, 0.1) is 0 Å². The van der Waals surface area contributed by atoms with Gasteiger partial charge in [-0.25, -0.2) is 0 Å². The van der Waals surface area contributed by atoms with Crippen molar-refractivity contribution in [1.82, 2.24) is 10.6 Å². The molecular formula is C9H22N2. The first-order valence-corrected chi connectivity index (χ1v) is 4.75. The fraction of sp³-hybridized carbons (Fsp3) is 1.00. The molecule has 0 saturated heterocycles. The maximum Gasteiger partial charge on any atom is 0.00792 e. The van der Waals surface area contributed by atoms with E-state index in [0.29, 0.717) is 6.04 Å². The van der Waals surface area contributed by atoms with E-state index in [9.17, 15) is 0 Å². The van der Waals surface area contributed by atoms with Crippen LogP contribution >= 0.6 is 0 Å². The standard InChI is InChI=1S/C9H22N2/c1-4-6-10-7-8-11-9(3)5-2/h9-11H,4-8H2,1-3H3/t9-/m0/s1. The summed E-state index contributed by atoms with van der Waals surface area (Å²) in [5, 5.41) is 6.78. The topological polar surface area (TPSA) is 24.1 Å². The zero-order valence-electron chi connectivity index (χ0n) is 8.11. The van der Waals surface area contributed by atoms with Crippen LogP contribution in [-0.2, 0) is 0 Å². The Balaban J connectivity index is 2.89. The molecule has 2 heteroatoms. The predicted molar refractivity (Wildman–Crippen MR) is 50.9 cm³/mol. The Bertz CT molecular complexity index is 74.0. The molecule has 0 unspecified atom stereocenters. The molecule has 1 atom stereocenters. The van der Waals surface area contributed by atoms with Crippen LogP contribution in [-0.4, -0.2) is 25.7 Å². The molecule has 0 aliphatic heterocycles. The second-order valence-electron chi connectivity index (χ2n) is 3.01. The molecule has 11 heavy (non-hydrogen) atoms. The highest BCUT2D eigenvalue weighted by Crippen LogP contribution is 1.85. The maximum absolute atomic E-state index is 3.43. The largest absolute Gasteiger partial charge is 0.315 e. The Labute approximate surface area is 70.8 Å². The minimum absolute atomic E-state index is 0.665. The molecule has 68 valence electrons. The molecule has 2 nitrogen and oxygen atoms in total. The van der Waals surface area contributed by atoms with Crippen LogP contribution in [0.4, 0.5) is 0 Å². The van der Waals surface area contributed by atoms with E-state index in [1.807, 2.05) is 0 Å². The van der Waals surface area contributed by atoms with Gasteiger partial charge < -0.3 is 10.6 Å². The fourth-order valence-corrected chi connectivity index (χ4v) is 0.853. The summed E-state index contributed by atoms with van der Waals surface area (Å²) in [7, 11) is 0. The third-order valence-electron chi connectivity index (χ3n) is 1.83. The van der Waals surface area contributed by atoms with Gasteiger partial charge in [0.1, 0.15) is 0 Å². The first kappa shape index (κ1) is 10.9.